The van der Waals surface area contributed by atoms with Gasteiger partial charge in [0.25, 0.3) is 0 Å². The third kappa shape index (κ3) is 4.00. The molecule has 0 spiro atoms. The number of carbonyl (C=O) groups excluding carboxylic acids is 2. The Hall–Kier alpha value is -2.99. The Kier molecular flexibility index (Phi) is 5.92. The average Bonchev–Trinajstić information content (AvgIpc) is 2.77. The molecule has 4 rings (SSSR count). The number of allylic oxidation sites excluding steroid dienone is 2. The maximum Gasteiger partial charge on any atom is 0.225 e. The first-order valence-corrected chi connectivity index (χ1v) is 10.4. The summed E-state index contributed by atoms with van der Waals surface area (Å²) < 4.78 is 16.3. The van der Waals surface area contributed by atoms with Crippen LogP contribution in [0.15, 0.2) is 47.7 Å². The van der Waals surface area contributed by atoms with Crippen LogP contribution in [-0.4, -0.2) is 33.0 Å². The van der Waals surface area contributed by atoms with Crippen molar-refractivity contribution >= 4 is 23.3 Å². The first-order chi connectivity index (χ1) is 14.9. The number of nitrogens with one attached hydrogen (secondary N) is 1. The summed E-state index contributed by atoms with van der Waals surface area (Å²) in [5, 5.41) is 3.53. The number of rotatable bonds is 5. The van der Waals surface area contributed by atoms with Gasteiger partial charge in [-0.3, -0.25) is 9.59 Å². The SMILES string of the molecule is COc1cc([C@@H]2CC(=O)C3=C(C2)NC(=O)C[C@@H]3c2cccc(Cl)c2)cc(OC)c1OC. The Bertz CT molecular complexity index is 1050. The number of halogens is 1. The van der Waals surface area contributed by atoms with Crippen molar-refractivity contribution in [1.82, 2.24) is 5.32 Å². The van der Waals surface area contributed by atoms with Gasteiger partial charge in [-0.05, 0) is 47.7 Å². The lowest BCUT2D eigenvalue weighted by Gasteiger charge is -2.34. The van der Waals surface area contributed by atoms with Gasteiger partial charge in [-0.1, -0.05) is 23.7 Å². The molecule has 0 aromatic heterocycles. The fourth-order valence-electron chi connectivity index (χ4n) is 4.54. The highest BCUT2D eigenvalue weighted by Crippen LogP contribution is 2.46. The number of hydrogen-bond acceptors (Lipinski definition) is 5. The van der Waals surface area contributed by atoms with Crippen LogP contribution in [-0.2, 0) is 9.59 Å². The van der Waals surface area contributed by atoms with E-state index in [1.165, 1.54) is 0 Å². The molecule has 6 nitrogen and oxygen atoms in total. The quantitative estimate of drug-likeness (QED) is 0.745. The summed E-state index contributed by atoms with van der Waals surface area (Å²) in [7, 11) is 4.67. The molecule has 1 aliphatic heterocycles. The van der Waals surface area contributed by atoms with Gasteiger partial charge in [0.1, 0.15) is 0 Å². The van der Waals surface area contributed by atoms with Crippen LogP contribution in [0.5, 0.6) is 17.2 Å². The zero-order chi connectivity index (χ0) is 22.1. The van der Waals surface area contributed by atoms with Crippen LogP contribution in [0.3, 0.4) is 0 Å². The highest BCUT2D eigenvalue weighted by Gasteiger charge is 2.38. The number of Topliss-reactive ketones (excluding diaryl/α,β-unsaturated/α-hetero) is 1. The molecule has 1 heterocycles. The minimum Gasteiger partial charge on any atom is -0.493 e. The number of benzene rings is 2. The predicted molar refractivity (Wildman–Crippen MR) is 117 cm³/mol. The van der Waals surface area contributed by atoms with Gasteiger partial charge >= 0.3 is 0 Å². The molecular formula is C24H24ClNO5. The highest BCUT2D eigenvalue weighted by molar-refractivity contribution is 6.30. The van der Waals surface area contributed by atoms with Gasteiger partial charge in [-0.15, -0.1) is 0 Å². The van der Waals surface area contributed by atoms with E-state index in [0.29, 0.717) is 46.4 Å². The average molecular weight is 442 g/mol. The standard InChI is InChI=1S/C24H24ClNO5/c1-29-20-10-15(11-21(30-2)24(20)31-3)14-8-18-23(19(27)9-14)17(12-22(28)26-18)13-5-4-6-16(25)7-13/h4-7,10-11,14,17H,8-9,12H2,1-3H3,(H,26,28)/t14-,17+/m0/s1. The van der Waals surface area contributed by atoms with Crippen LogP contribution >= 0.6 is 11.6 Å². The molecule has 1 N–H and O–H groups in total. The fraction of sp³-hybridized carbons (Fsp3) is 0.333. The zero-order valence-corrected chi connectivity index (χ0v) is 18.4. The van der Waals surface area contributed by atoms with Crippen LogP contribution in [0.1, 0.15) is 42.2 Å². The topological polar surface area (TPSA) is 73.9 Å². The number of methoxy groups -OCH3 is 3. The summed E-state index contributed by atoms with van der Waals surface area (Å²) in [6.07, 6.45) is 1.12. The molecule has 31 heavy (non-hydrogen) atoms. The number of amides is 1. The summed E-state index contributed by atoms with van der Waals surface area (Å²) in [5.74, 6) is 1.12. The highest BCUT2D eigenvalue weighted by atomic mass is 35.5. The molecule has 1 aliphatic carbocycles. The van der Waals surface area contributed by atoms with Crippen LogP contribution in [0.2, 0.25) is 5.02 Å². The molecule has 2 atom stereocenters. The van der Waals surface area contributed by atoms with Crippen molar-refractivity contribution in [2.75, 3.05) is 21.3 Å². The molecule has 2 aromatic rings. The number of ether oxygens (including phenoxy) is 3. The Morgan fingerprint density at radius 3 is 2.23 bits per heavy atom. The van der Waals surface area contributed by atoms with E-state index in [9.17, 15) is 9.59 Å². The zero-order valence-electron chi connectivity index (χ0n) is 17.7. The van der Waals surface area contributed by atoms with E-state index < -0.39 is 0 Å². The lowest BCUT2D eigenvalue weighted by atomic mass is 9.73. The van der Waals surface area contributed by atoms with E-state index in [1.54, 1.807) is 27.4 Å². The van der Waals surface area contributed by atoms with Crippen LogP contribution in [0.4, 0.5) is 0 Å². The summed E-state index contributed by atoms with van der Waals surface area (Å²) in [4.78, 5) is 25.8. The van der Waals surface area contributed by atoms with Crippen LogP contribution in [0, 0.1) is 0 Å². The lowest BCUT2D eigenvalue weighted by molar-refractivity contribution is -0.122. The van der Waals surface area contributed by atoms with E-state index in [0.717, 1.165) is 11.1 Å². The molecule has 7 heteroatoms. The van der Waals surface area contributed by atoms with Gasteiger partial charge in [0.2, 0.25) is 11.7 Å². The predicted octanol–water partition coefficient (Wildman–Crippen LogP) is 4.37. The summed E-state index contributed by atoms with van der Waals surface area (Å²) in [6, 6.07) is 11.1. The van der Waals surface area contributed by atoms with E-state index in [2.05, 4.69) is 5.32 Å². The van der Waals surface area contributed by atoms with Crippen molar-refractivity contribution in [3.05, 3.63) is 63.8 Å². The molecule has 162 valence electrons. The number of ketones is 1. The second-order valence-corrected chi connectivity index (χ2v) is 8.18. The van der Waals surface area contributed by atoms with Crippen molar-refractivity contribution in [2.45, 2.75) is 31.1 Å². The summed E-state index contributed by atoms with van der Waals surface area (Å²) >= 11 is 6.16. The van der Waals surface area contributed by atoms with E-state index in [4.69, 9.17) is 25.8 Å². The third-order valence-electron chi connectivity index (χ3n) is 5.95. The van der Waals surface area contributed by atoms with Gasteiger partial charge < -0.3 is 19.5 Å². The monoisotopic (exact) mass is 441 g/mol. The molecule has 0 fully saturated rings. The van der Waals surface area contributed by atoms with Gasteiger partial charge in [0.05, 0.1) is 21.3 Å². The lowest BCUT2D eigenvalue weighted by Crippen LogP contribution is -2.38. The second kappa shape index (κ2) is 8.63. The smallest absolute Gasteiger partial charge is 0.225 e. The first kappa shape index (κ1) is 21.2. The molecule has 1 amide bonds. The van der Waals surface area contributed by atoms with Crippen molar-refractivity contribution in [3.8, 4) is 17.2 Å². The van der Waals surface area contributed by atoms with Gasteiger partial charge in [-0.25, -0.2) is 0 Å². The minimum absolute atomic E-state index is 0.0324. The maximum atomic E-state index is 13.3. The largest absolute Gasteiger partial charge is 0.493 e. The Labute approximate surface area is 186 Å². The Balaban J connectivity index is 1.73. The second-order valence-electron chi connectivity index (χ2n) is 7.74. The van der Waals surface area contributed by atoms with E-state index in [-0.39, 0.29) is 29.9 Å². The summed E-state index contributed by atoms with van der Waals surface area (Å²) in [6.45, 7) is 0. The maximum absolute atomic E-state index is 13.3. The van der Waals surface area contributed by atoms with Gasteiger partial charge in [0.15, 0.2) is 17.3 Å². The summed E-state index contributed by atoms with van der Waals surface area (Å²) in [5.41, 5.74) is 3.16. The fourth-order valence-corrected chi connectivity index (χ4v) is 4.74. The third-order valence-corrected chi connectivity index (χ3v) is 6.18. The van der Waals surface area contributed by atoms with Crippen molar-refractivity contribution in [1.29, 1.82) is 0 Å². The molecule has 0 unspecified atom stereocenters. The van der Waals surface area contributed by atoms with Gasteiger partial charge in [0, 0.05) is 35.1 Å². The van der Waals surface area contributed by atoms with E-state index >= 15 is 0 Å². The molecule has 0 bridgehead atoms. The molecule has 0 saturated carbocycles. The van der Waals surface area contributed by atoms with Crippen molar-refractivity contribution < 1.29 is 23.8 Å². The minimum atomic E-state index is -0.282. The molecule has 2 aromatic carbocycles. The number of carbonyl (C=O) groups is 2. The Morgan fingerprint density at radius 1 is 0.903 bits per heavy atom. The van der Waals surface area contributed by atoms with E-state index in [1.807, 2.05) is 30.3 Å². The van der Waals surface area contributed by atoms with Crippen molar-refractivity contribution in [2.24, 2.45) is 0 Å². The normalized spacial score (nSPS) is 20.8. The first-order valence-electron chi connectivity index (χ1n) is 10.1. The Morgan fingerprint density at radius 2 is 1.61 bits per heavy atom. The molecule has 0 radical (unpaired) electrons. The van der Waals surface area contributed by atoms with Crippen LogP contribution in [0.25, 0.3) is 0 Å². The van der Waals surface area contributed by atoms with Gasteiger partial charge in [-0.2, -0.15) is 0 Å². The molecule has 0 saturated heterocycles. The number of hydrogen-bond donors (Lipinski definition) is 1. The molecule has 2 aliphatic rings. The van der Waals surface area contributed by atoms with Crippen molar-refractivity contribution in [3.63, 3.8) is 0 Å². The van der Waals surface area contributed by atoms with Crippen LogP contribution < -0.4 is 19.5 Å². The molecular weight excluding hydrogens is 418 g/mol.